The van der Waals surface area contributed by atoms with Crippen molar-refractivity contribution < 1.29 is 4.74 Å². The van der Waals surface area contributed by atoms with Gasteiger partial charge in [0.15, 0.2) is 0 Å². The van der Waals surface area contributed by atoms with Crippen LogP contribution in [0.1, 0.15) is 44.1 Å². The van der Waals surface area contributed by atoms with Gasteiger partial charge in [-0.15, -0.1) is 0 Å². The van der Waals surface area contributed by atoms with E-state index in [1.165, 1.54) is 44.1 Å². The van der Waals surface area contributed by atoms with Crippen LogP contribution >= 0.6 is 11.6 Å². The lowest BCUT2D eigenvalue weighted by Crippen LogP contribution is -2.49. The van der Waals surface area contributed by atoms with E-state index < -0.39 is 0 Å². The average molecular weight is 437 g/mol. The molecular weight excluding hydrogens is 408 g/mol. The molecule has 0 unspecified atom stereocenters. The molecule has 1 heterocycles. The van der Waals surface area contributed by atoms with Gasteiger partial charge in [-0.25, -0.2) is 0 Å². The smallest absolute Gasteiger partial charge is 0.255 e. The number of aromatic nitrogens is 1. The Bertz CT molecular complexity index is 1100. The summed E-state index contributed by atoms with van der Waals surface area (Å²) < 4.78 is 6.13. The van der Waals surface area contributed by atoms with Gasteiger partial charge >= 0.3 is 0 Å². The van der Waals surface area contributed by atoms with Crippen LogP contribution in [-0.4, -0.2) is 17.1 Å². The van der Waals surface area contributed by atoms with Crippen molar-refractivity contribution in [2.24, 2.45) is 11.8 Å². The normalized spacial score (nSPS) is 23.7. The Balaban J connectivity index is 1.20. The molecule has 2 fully saturated rings. The van der Waals surface area contributed by atoms with Crippen LogP contribution in [0.25, 0.3) is 10.8 Å². The molecule has 0 atom stereocenters. The highest BCUT2D eigenvalue weighted by atomic mass is 35.5. The number of H-pyrrole nitrogens is 1. The van der Waals surface area contributed by atoms with Crippen molar-refractivity contribution in [2.45, 2.75) is 50.6 Å². The Labute approximate surface area is 188 Å². The molecule has 5 rings (SSSR count). The van der Waals surface area contributed by atoms with Gasteiger partial charge in [-0.1, -0.05) is 41.9 Å². The topological polar surface area (TPSA) is 54.1 Å². The zero-order valence-corrected chi connectivity index (χ0v) is 18.5. The summed E-state index contributed by atoms with van der Waals surface area (Å²) in [5.41, 5.74) is 1.52. The molecule has 0 spiro atoms. The van der Waals surface area contributed by atoms with E-state index in [1.807, 2.05) is 12.1 Å². The number of halogens is 1. The van der Waals surface area contributed by atoms with Crippen LogP contribution in [0.4, 0.5) is 0 Å². The summed E-state index contributed by atoms with van der Waals surface area (Å²) in [4.78, 5) is 14.6. The van der Waals surface area contributed by atoms with E-state index in [4.69, 9.17) is 16.3 Å². The maximum Gasteiger partial charge on any atom is 0.255 e. The molecule has 162 valence electrons. The summed E-state index contributed by atoms with van der Waals surface area (Å²) in [6.07, 6.45) is 9.12. The highest BCUT2D eigenvalue weighted by Gasteiger charge is 2.46. The molecule has 5 heteroatoms. The molecule has 0 bridgehead atoms. The second kappa shape index (κ2) is 8.68. The first-order chi connectivity index (χ1) is 15.1. The SMILES string of the molecule is O=c1[nH]ccc2cc(OCC3CCC(NCc4ccccc4)(C4CC4)CC3)c(Cl)cc12. The van der Waals surface area contributed by atoms with E-state index in [9.17, 15) is 4.79 Å². The maximum absolute atomic E-state index is 12.0. The summed E-state index contributed by atoms with van der Waals surface area (Å²) in [6.45, 7) is 1.62. The van der Waals surface area contributed by atoms with Crippen LogP contribution in [0, 0.1) is 11.8 Å². The van der Waals surface area contributed by atoms with E-state index in [1.54, 1.807) is 12.3 Å². The molecule has 3 aromatic rings. The Hall–Kier alpha value is -2.30. The molecule has 0 aliphatic heterocycles. The van der Waals surface area contributed by atoms with Gasteiger partial charge in [0, 0.05) is 23.7 Å². The first kappa shape index (κ1) is 20.6. The molecule has 4 nitrogen and oxygen atoms in total. The van der Waals surface area contributed by atoms with E-state index in [2.05, 4.69) is 40.6 Å². The summed E-state index contributed by atoms with van der Waals surface area (Å²) in [6, 6.07) is 16.2. The number of fused-ring (bicyclic) bond motifs is 1. The van der Waals surface area contributed by atoms with Gasteiger partial charge in [-0.05, 0) is 79.5 Å². The molecule has 2 saturated carbocycles. The minimum atomic E-state index is -0.127. The second-order valence-electron chi connectivity index (χ2n) is 9.20. The minimum Gasteiger partial charge on any atom is -0.492 e. The number of hydrogen-bond donors (Lipinski definition) is 2. The number of rotatable bonds is 7. The lowest BCUT2D eigenvalue weighted by atomic mass is 9.73. The fourth-order valence-electron chi connectivity index (χ4n) is 5.11. The molecule has 2 N–H and O–H groups in total. The Kier molecular flexibility index (Phi) is 5.77. The monoisotopic (exact) mass is 436 g/mol. The van der Waals surface area contributed by atoms with Crippen molar-refractivity contribution in [3.63, 3.8) is 0 Å². The van der Waals surface area contributed by atoms with E-state index in [-0.39, 0.29) is 11.1 Å². The summed E-state index contributed by atoms with van der Waals surface area (Å²) in [5.74, 6) is 2.03. The van der Waals surface area contributed by atoms with Gasteiger partial charge in [0.25, 0.3) is 5.56 Å². The van der Waals surface area contributed by atoms with Crippen molar-refractivity contribution in [1.29, 1.82) is 0 Å². The van der Waals surface area contributed by atoms with Crippen LogP contribution in [-0.2, 0) is 6.54 Å². The van der Waals surface area contributed by atoms with Crippen LogP contribution in [0.2, 0.25) is 5.02 Å². The van der Waals surface area contributed by atoms with Crippen LogP contribution in [0.5, 0.6) is 5.75 Å². The predicted molar refractivity (Wildman–Crippen MR) is 126 cm³/mol. The van der Waals surface area contributed by atoms with Crippen molar-refractivity contribution in [3.8, 4) is 5.75 Å². The van der Waals surface area contributed by atoms with Crippen LogP contribution in [0.15, 0.2) is 59.5 Å². The largest absolute Gasteiger partial charge is 0.492 e. The van der Waals surface area contributed by atoms with Crippen molar-refractivity contribution in [3.05, 3.63) is 75.7 Å². The van der Waals surface area contributed by atoms with Crippen molar-refractivity contribution >= 4 is 22.4 Å². The third-order valence-corrected chi connectivity index (χ3v) is 7.44. The number of pyridine rings is 1. The van der Waals surface area contributed by atoms with Gasteiger partial charge in [0.05, 0.1) is 11.6 Å². The van der Waals surface area contributed by atoms with E-state index in [0.717, 1.165) is 17.8 Å². The first-order valence-electron chi connectivity index (χ1n) is 11.4. The Morgan fingerprint density at radius 3 is 2.58 bits per heavy atom. The Morgan fingerprint density at radius 1 is 1.06 bits per heavy atom. The Morgan fingerprint density at radius 2 is 1.84 bits per heavy atom. The van der Waals surface area contributed by atoms with Gasteiger partial charge in [-0.2, -0.15) is 0 Å². The second-order valence-corrected chi connectivity index (χ2v) is 9.61. The third kappa shape index (κ3) is 4.51. The first-order valence-corrected chi connectivity index (χ1v) is 11.7. The molecule has 0 saturated heterocycles. The van der Waals surface area contributed by atoms with Gasteiger partial charge in [0.2, 0.25) is 0 Å². The summed E-state index contributed by atoms with van der Waals surface area (Å²) >= 11 is 6.40. The molecule has 31 heavy (non-hydrogen) atoms. The highest BCUT2D eigenvalue weighted by molar-refractivity contribution is 6.32. The molecule has 1 aromatic heterocycles. The molecule has 2 aliphatic rings. The van der Waals surface area contributed by atoms with Gasteiger partial charge < -0.3 is 15.0 Å². The predicted octanol–water partition coefficient (Wildman–Crippen LogP) is 5.69. The lowest BCUT2D eigenvalue weighted by molar-refractivity contribution is 0.126. The molecule has 0 amide bonds. The zero-order chi connectivity index (χ0) is 21.3. The quantitative estimate of drug-likeness (QED) is 0.500. The third-order valence-electron chi connectivity index (χ3n) is 7.14. The fourth-order valence-corrected chi connectivity index (χ4v) is 5.32. The fraction of sp³-hybridized carbons (Fsp3) is 0.423. The average Bonchev–Trinajstić information content (AvgIpc) is 3.65. The van der Waals surface area contributed by atoms with E-state index >= 15 is 0 Å². The molecule has 0 radical (unpaired) electrons. The van der Waals surface area contributed by atoms with Gasteiger partial charge in [0.1, 0.15) is 5.75 Å². The van der Waals surface area contributed by atoms with Crippen LogP contribution in [0.3, 0.4) is 0 Å². The molecular formula is C26H29ClN2O2. The molecule has 2 aliphatic carbocycles. The van der Waals surface area contributed by atoms with Crippen molar-refractivity contribution in [1.82, 2.24) is 10.3 Å². The highest BCUT2D eigenvalue weighted by Crippen LogP contribution is 2.48. The number of ether oxygens (including phenoxy) is 1. The van der Waals surface area contributed by atoms with Gasteiger partial charge in [-0.3, -0.25) is 4.79 Å². The number of nitrogens with one attached hydrogen (secondary N) is 2. The summed E-state index contributed by atoms with van der Waals surface area (Å²) in [7, 11) is 0. The lowest BCUT2D eigenvalue weighted by Gasteiger charge is -2.42. The molecule has 2 aromatic carbocycles. The standard InChI is InChI=1S/C26H29ClN2O2/c27-23-15-22-20(10-13-28-25(22)30)14-24(23)31-17-19-8-11-26(12-9-19,21-6-7-21)29-16-18-4-2-1-3-5-18/h1-5,10,13-15,19,21,29H,6-9,11-12,16-17H2,(H,28,30). The minimum absolute atomic E-state index is 0.127. The number of hydrogen-bond acceptors (Lipinski definition) is 3. The van der Waals surface area contributed by atoms with Crippen molar-refractivity contribution in [2.75, 3.05) is 6.61 Å². The maximum atomic E-state index is 12.0. The number of aromatic amines is 1. The van der Waals surface area contributed by atoms with E-state index in [0.29, 0.717) is 28.7 Å². The van der Waals surface area contributed by atoms with Crippen LogP contribution < -0.4 is 15.6 Å². The zero-order valence-electron chi connectivity index (χ0n) is 17.7. The summed E-state index contributed by atoms with van der Waals surface area (Å²) in [5, 5.41) is 5.89. The number of benzene rings is 2.